The molecule has 0 aromatic carbocycles. The van der Waals surface area contributed by atoms with E-state index < -0.39 is 38.6 Å². The molecule has 0 aromatic heterocycles. The molecule has 0 radical (unpaired) electrons. The Labute approximate surface area is 249 Å². The Morgan fingerprint density at radius 3 is 2.07 bits per heavy atom. The molecule has 0 saturated carbocycles. The summed E-state index contributed by atoms with van der Waals surface area (Å²) in [5.41, 5.74) is 5.31. The predicted molar refractivity (Wildman–Crippen MR) is 167 cm³/mol. The molecule has 0 spiro atoms. The lowest BCUT2D eigenvalue weighted by atomic mass is 10.1. The van der Waals surface area contributed by atoms with Crippen LogP contribution in [0.3, 0.4) is 0 Å². The van der Waals surface area contributed by atoms with E-state index >= 15 is 0 Å². The first kappa shape index (κ1) is 39.7. The zero-order valence-corrected chi connectivity index (χ0v) is 26.5. The Hall–Kier alpha value is -1.32. The molecule has 0 aliphatic rings. The summed E-state index contributed by atoms with van der Waals surface area (Å²) in [4.78, 5) is 22.4. The molecule has 41 heavy (non-hydrogen) atoms. The van der Waals surface area contributed by atoms with Crippen LogP contribution in [0.4, 0.5) is 0 Å². The molecule has 0 aliphatic carbocycles. The Morgan fingerprint density at radius 2 is 1.41 bits per heavy atom. The van der Waals surface area contributed by atoms with Crippen LogP contribution in [0.25, 0.3) is 0 Å². The number of nitrogens with one attached hydrogen (secondary N) is 1. The van der Waals surface area contributed by atoms with E-state index in [2.05, 4.69) is 43.5 Å². The molecule has 0 bridgehead atoms. The first-order valence-corrected chi connectivity index (χ1v) is 17.2. The van der Waals surface area contributed by atoms with Crippen molar-refractivity contribution in [2.45, 2.75) is 135 Å². The van der Waals surface area contributed by atoms with Crippen LogP contribution < -0.4 is 11.1 Å². The molecule has 0 aliphatic heterocycles. The van der Waals surface area contributed by atoms with Gasteiger partial charge in [-0.25, -0.2) is 4.57 Å². The normalized spacial score (nSPS) is 16.0. The van der Waals surface area contributed by atoms with Gasteiger partial charge in [0.05, 0.1) is 37.9 Å². The van der Waals surface area contributed by atoms with Crippen molar-refractivity contribution in [1.82, 2.24) is 5.32 Å². The van der Waals surface area contributed by atoms with E-state index in [1.54, 1.807) is 6.08 Å². The van der Waals surface area contributed by atoms with Gasteiger partial charge in [-0.05, 0) is 51.4 Å². The summed E-state index contributed by atoms with van der Waals surface area (Å²) in [5.74, 6) is -0.476. The molecule has 0 rings (SSSR count). The molecule has 4 atom stereocenters. The number of aliphatic hydroxyl groups is 2. The van der Waals surface area contributed by atoms with Crippen molar-refractivity contribution in [2.24, 2.45) is 5.73 Å². The van der Waals surface area contributed by atoms with E-state index in [-0.39, 0.29) is 19.6 Å². The number of aliphatic hydroxyl groups excluding tert-OH is 2. The first-order chi connectivity index (χ1) is 19.8. The molecule has 0 heterocycles. The number of carbonyl (C=O) groups excluding carboxylic acids is 1. The summed E-state index contributed by atoms with van der Waals surface area (Å²) < 4.78 is 21.8. The number of allylic oxidation sites excluding steroid dienone is 5. The second kappa shape index (κ2) is 27.5. The number of hydrogen-bond donors (Lipinski definition) is 5. The molecule has 9 nitrogen and oxygen atoms in total. The summed E-state index contributed by atoms with van der Waals surface area (Å²) >= 11 is 0. The third-order valence-electron chi connectivity index (χ3n) is 6.49. The average molecular weight is 603 g/mol. The summed E-state index contributed by atoms with van der Waals surface area (Å²) in [6.07, 6.45) is 25.4. The summed E-state index contributed by atoms with van der Waals surface area (Å²) in [6, 6.07) is -1.00. The highest BCUT2D eigenvalue weighted by atomic mass is 31.2. The summed E-state index contributed by atoms with van der Waals surface area (Å²) in [7, 11) is -4.39. The van der Waals surface area contributed by atoms with Crippen LogP contribution >= 0.6 is 7.82 Å². The molecule has 6 N–H and O–H groups in total. The number of rotatable bonds is 28. The van der Waals surface area contributed by atoms with Gasteiger partial charge in [-0.2, -0.15) is 0 Å². The second-order valence-corrected chi connectivity index (χ2v) is 11.9. The zero-order chi connectivity index (χ0) is 30.6. The van der Waals surface area contributed by atoms with Gasteiger partial charge >= 0.3 is 7.82 Å². The maximum absolute atomic E-state index is 12.6. The van der Waals surface area contributed by atoms with Crippen LogP contribution in [-0.4, -0.2) is 59.0 Å². The van der Waals surface area contributed by atoms with Gasteiger partial charge in [0.25, 0.3) is 0 Å². The molecule has 10 heteroatoms. The lowest BCUT2D eigenvalue weighted by Gasteiger charge is -2.24. The minimum absolute atomic E-state index is 0.0414. The summed E-state index contributed by atoms with van der Waals surface area (Å²) in [5, 5.41) is 23.6. The topological polar surface area (TPSA) is 151 Å². The molecule has 240 valence electrons. The zero-order valence-electron chi connectivity index (χ0n) is 25.6. The van der Waals surface area contributed by atoms with Crippen molar-refractivity contribution < 1.29 is 33.5 Å². The second-order valence-electron chi connectivity index (χ2n) is 10.5. The molecule has 1 amide bonds. The van der Waals surface area contributed by atoms with Crippen molar-refractivity contribution in [1.29, 1.82) is 0 Å². The van der Waals surface area contributed by atoms with Gasteiger partial charge in [0, 0.05) is 6.54 Å². The fourth-order valence-electron chi connectivity index (χ4n) is 4.05. The van der Waals surface area contributed by atoms with Crippen LogP contribution in [0.15, 0.2) is 36.5 Å². The maximum Gasteiger partial charge on any atom is 0.472 e. The standard InChI is InChI=1S/C31H59N2O7P/c1-3-5-7-9-11-13-14-15-17-19-21-23-30(35)29(27-40-41(37,38)39-25-24-32)33-31(36)26-28(34)22-20-18-16-12-10-8-6-4-2/h10,12,14-15,21,23,28-30,34-35H,3-9,11,13,16-20,22,24-27,32H2,1-2H3,(H,33,36)(H,37,38)/b12-10-,15-14+,23-21+. The van der Waals surface area contributed by atoms with Gasteiger partial charge in [0.2, 0.25) is 5.91 Å². The molecule has 0 fully saturated rings. The van der Waals surface area contributed by atoms with Gasteiger partial charge in [0.1, 0.15) is 0 Å². The van der Waals surface area contributed by atoms with E-state index in [1.807, 2.05) is 6.08 Å². The number of phosphoric ester groups is 1. The summed E-state index contributed by atoms with van der Waals surface area (Å²) in [6.45, 7) is 3.80. The first-order valence-electron chi connectivity index (χ1n) is 15.7. The van der Waals surface area contributed by atoms with Gasteiger partial charge in [-0.15, -0.1) is 0 Å². The lowest BCUT2D eigenvalue weighted by Crippen LogP contribution is -2.46. The highest BCUT2D eigenvalue weighted by Crippen LogP contribution is 2.43. The Bertz CT molecular complexity index is 761. The van der Waals surface area contributed by atoms with Gasteiger partial charge < -0.3 is 26.2 Å². The van der Waals surface area contributed by atoms with Crippen molar-refractivity contribution >= 4 is 13.7 Å². The Kier molecular flexibility index (Phi) is 26.6. The van der Waals surface area contributed by atoms with E-state index in [4.69, 9.17) is 14.8 Å². The molecule has 0 aromatic rings. The van der Waals surface area contributed by atoms with Gasteiger partial charge in [-0.3, -0.25) is 13.8 Å². The van der Waals surface area contributed by atoms with Crippen LogP contribution in [0.2, 0.25) is 0 Å². The quantitative estimate of drug-likeness (QED) is 0.0401. The van der Waals surface area contributed by atoms with Crippen molar-refractivity contribution in [2.75, 3.05) is 19.8 Å². The highest BCUT2D eigenvalue weighted by molar-refractivity contribution is 7.47. The minimum Gasteiger partial charge on any atom is -0.393 e. The van der Waals surface area contributed by atoms with Crippen LogP contribution in [-0.2, 0) is 18.4 Å². The smallest absolute Gasteiger partial charge is 0.393 e. The SMILES string of the molecule is CCCC/C=C\CCCCC(O)CC(=O)NC(COP(=O)(O)OCCN)C(O)/C=C/CC/C=C/CCCCCCC. The molecular formula is C31H59N2O7P. The molecule has 0 saturated heterocycles. The lowest BCUT2D eigenvalue weighted by molar-refractivity contribution is -0.124. The van der Waals surface area contributed by atoms with E-state index in [0.717, 1.165) is 38.5 Å². The van der Waals surface area contributed by atoms with Crippen LogP contribution in [0.1, 0.15) is 117 Å². The minimum atomic E-state index is -4.39. The highest BCUT2D eigenvalue weighted by Gasteiger charge is 2.27. The molecule has 4 unspecified atom stereocenters. The van der Waals surface area contributed by atoms with Crippen molar-refractivity contribution in [3.8, 4) is 0 Å². The van der Waals surface area contributed by atoms with E-state index in [9.17, 15) is 24.5 Å². The van der Waals surface area contributed by atoms with Gasteiger partial charge in [-0.1, -0.05) is 95.2 Å². The Balaban J connectivity index is 4.70. The van der Waals surface area contributed by atoms with Gasteiger partial charge in [0.15, 0.2) is 0 Å². The van der Waals surface area contributed by atoms with Crippen LogP contribution in [0, 0.1) is 0 Å². The third-order valence-corrected chi connectivity index (χ3v) is 7.48. The largest absolute Gasteiger partial charge is 0.472 e. The Morgan fingerprint density at radius 1 is 0.829 bits per heavy atom. The van der Waals surface area contributed by atoms with Crippen molar-refractivity contribution in [3.05, 3.63) is 36.5 Å². The predicted octanol–water partition coefficient (Wildman–Crippen LogP) is 6.24. The molecular weight excluding hydrogens is 543 g/mol. The maximum atomic E-state index is 12.6. The van der Waals surface area contributed by atoms with Crippen LogP contribution in [0.5, 0.6) is 0 Å². The monoisotopic (exact) mass is 602 g/mol. The number of carbonyl (C=O) groups is 1. The fraction of sp³-hybridized carbons (Fsp3) is 0.774. The number of phosphoric acid groups is 1. The third kappa shape index (κ3) is 26.1. The fourth-order valence-corrected chi connectivity index (χ4v) is 4.81. The number of nitrogens with two attached hydrogens (primary N) is 1. The average Bonchev–Trinajstić information content (AvgIpc) is 2.94. The van der Waals surface area contributed by atoms with Crippen molar-refractivity contribution in [3.63, 3.8) is 0 Å². The van der Waals surface area contributed by atoms with E-state index in [0.29, 0.717) is 12.8 Å². The number of hydrogen-bond acceptors (Lipinski definition) is 7. The number of amides is 1. The number of unbranched alkanes of at least 4 members (excludes halogenated alkanes) is 10. The van der Waals surface area contributed by atoms with E-state index in [1.165, 1.54) is 44.9 Å².